The van der Waals surface area contributed by atoms with E-state index in [-0.39, 0.29) is 5.97 Å². The second kappa shape index (κ2) is 7.60. The zero-order valence-electron chi connectivity index (χ0n) is 11.0. The van der Waals surface area contributed by atoms with Crippen LogP contribution in [0.3, 0.4) is 0 Å². The van der Waals surface area contributed by atoms with Gasteiger partial charge < -0.3 is 14.4 Å². The number of carbonyl (C=O) groups excluding carboxylic acids is 1. The van der Waals surface area contributed by atoms with E-state index in [0.717, 1.165) is 11.5 Å². The molecule has 1 aromatic rings. The zero-order valence-corrected chi connectivity index (χ0v) is 11.0. The van der Waals surface area contributed by atoms with E-state index in [1.54, 1.807) is 7.11 Å². The fraction of sp³-hybridized carbons (Fsp3) is 0.583. The molecule has 0 spiro atoms. The van der Waals surface area contributed by atoms with E-state index >= 15 is 0 Å². The average Bonchev–Trinajstić information content (AvgIpc) is 2.38. The van der Waals surface area contributed by atoms with Gasteiger partial charge in [0.25, 0.3) is 0 Å². The van der Waals surface area contributed by atoms with Gasteiger partial charge in [-0.2, -0.15) is 0 Å². The predicted molar refractivity (Wildman–Crippen MR) is 67.5 cm³/mol. The molecule has 1 aromatic heterocycles. The number of aryl methyl sites for hydroxylation is 1. The van der Waals surface area contributed by atoms with Crippen LogP contribution in [-0.2, 0) is 14.3 Å². The summed E-state index contributed by atoms with van der Waals surface area (Å²) < 4.78 is 9.69. The first-order valence-electron chi connectivity index (χ1n) is 5.76. The molecule has 0 saturated heterocycles. The van der Waals surface area contributed by atoms with Crippen LogP contribution in [0.25, 0.3) is 0 Å². The van der Waals surface area contributed by atoms with Crippen LogP contribution in [0.5, 0.6) is 0 Å². The van der Waals surface area contributed by atoms with Gasteiger partial charge in [-0.3, -0.25) is 4.79 Å². The number of nitrogens with zero attached hydrogens (tertiary/aromatic N) is 3. The van der Waals surface area contributed by atoms with Crippen molar-refractivity contribution >= 4 is 11.8 Å². The van der Waals surface area contributed by atoms with Crippen LogP contribution in [0.15, 0.2) is 12.4 Å². The second-order valence-corrected chi connectivity index (χ2v) is 3.82. The highest BCUT2D eigenvalue weighted by Crippen LogP contribution is 2.11. The molecule has 0 N–H and O–H groups in total. The van der Waals surface area contributed by atoms with Crippen molar-refractivity contribution < 1.29 is 14.3 Å². The molecule has 1 heterocycles. The molecular formula is C12H19N3O3. The maximum absolute atomic E-state index is 11.2. The molecule has 0 atom stereocenters. The fourth-order valence-electron chi connectivity index (χ4n) is 1.48. The molecule has 0 aliphatic carbocycles. The molecule has 0 aliphatic heterocycles. The van der Waals surface area contributed by atoms with Gasteiger partial charge in [0.05, 0.1) is 20.1 Å². The van der Waals surface area contributed by atoms with Crippen molar-refractivity contribution in [2.24, 2.45) is 0 Å². The van der Waals surface area contributed by atoms with Crippen molar-refractivity contribution in [1.82, 2.24) is 9.97 Å². The number of esters is 1. The third-order valence-electron chi connectivity index (χ3n) is 2.49. The van der Waals surface area contributed by atoms with Gasteiger partial charge in [0.15, 0.2) is 0 Å². The molecule has 0 radical (unpaired) electrons. The van der Waals surface area contributed by atoms with Gasteiger partial charge in [0.2, 0.25) is 0 Å². The summed E-state index contributed by atoms with van der Waals surface area (Å²) in [5.74, 6) is 0.562. The molecule has 0 aromatic carbocycles. The van der Waals surface area contributed by atoms with Gasteiger partial charge in [-0.15, -0.1) is 0 Å². The average molecular weight is 253 g/mol. The molecule has 6 heteroatoms. The highest BCUT2D eigenvalue weighted by Gasteiger charge is 2.10. The largest absolute Gasteiger partial charge is 0.469 e. The van der Waals surface area contributed by atoms with E-state index in [1.165, 1.54) is 13.4 Å². The lowest BCUT2D eigenvalue weighted by Gasteiger charge is -2.22. The third-order valence-corrected chi connectivity index (χ3v) is 2.49. The summed E-state index contributed by atoms with van der Waals surface area (Å²) in [6.45, 7) is 3.70. The summed E-state index contributed by atoms with van der Waals surface area (Å²) in [7, 11) is 3.03. The number of hydrogen-bond donors (Lipinski definition) is 0. The first-order chi connectivity index (χ1) is 8.67. The molecular weight excluding hydrogens is 234 g/mol. The Labute approximate surface area is 107 Å². The Balaban J connectivity index is 2.68. The lowest BCUT2D eigenvalue weighted by Crippen LogP contribution is -2.30. The van der Waals surface area contributed by atoms with E-state index in [1.807, 2.05) is 17.9 Å². The fourth-order valence-corrected chi connectivity index (χ4v) is 1.48. The Morgan fingerprint density at radius 2 is 2.11 bits per heavy atom. The molecule has 18 heavy (non-hydrogen) atoms. The van der Waals surface area contributed by atoms with Gasteiger partial charge in [-0.25, -0.2) is 9.97 Å². The quantitative estimate of drug-likeness (QED) is 0.670. The summed E-state index contributed by atoms with van der Waals surface area (Å²) in [6, 6.07) is 1.88. The van der Waals surface area contributed by atoms with E-state index in [2.05, 4.69) is 14.7 Å². The molecule has 0 unspecified atom stereocenters. The molecule has 1 rings (SSSR count). The summed E-state index contributed by atoms with van der Waals surface area (Å²) in [6.07, 6.45) is 1.84. The zero-order chi connectivity index (χ0) is 13.4. The molecule has 0 aliphatic rings. The van der Waals surface area contributed by atoms with E-state index in [4.69, 9.17) is 4.74 Å². The Bertz CT molecular complexity index is 385. The summed E-state index contributed by atoms with van der Waals surface area (Å²) in [4.78, 5) is 21.4. The normalized spacial score (nSPS) is 10.2. The number of ether oxygens (including phenoxy) is 2. The van der Waals surface area contributed by atoms with Crippen molar-refractivity contribution in [2.45, 2.75) is 13.3 Å². The number of carbonyl (C=O) groups is 1. The molecule has 100 valence electrons. The van der Waals surface area contributed by atoms with Gasteiger partial charge in [-0.05, 0) is 6.92 Å². The van der Waals surface area contributed by atoms with E-state index in [9.17, 15) is 4.79 Å². The SMILES string of the molecule is COCCN(CCC(=O)OC)c1cc(C)ncn1. The highest BCUT2D eigenvalue weighted by molar-refractivity contribution is 5.69. The van der Waals surface area contributed by atoms with Gasteiger partial charge in [0.1, 0.15) is 12.1 Å². The molecule has 6 nitrogen and oxygen atoms in total. The lowest BCUT2D eigenvalue weighted by atomic mass is 10.3. The molecule has 0 amide bonds. The van der Waals surface area contributed by atoms with Crippen LogP contribution in [-0.4, -0.2) is 49.9 Å². The van der Waals surface area contributed by atoms with Crippen LogP contribution in [0, 0.1) is 6.92 Å². The minimum atomic E-state index is -0.233. The van der Waals surface area contributed by atoms with Crippen LogP contribution in [0.2, 0.25) is 0 Å². The maximum Gasteiger partial charge on any atom is 0.307 e. The highest BCUT2D eigenvalue weighted by atomic mass is 16.5. The predicted octanol–water partition coefficient (Wildman–Crippen LogP) is 0.801. The van der Waals surface area contributed by atoms with Gasteiger partial charge in [0, 0.05) is 32.0 Å². The molecule has 0 saturated carbocycles. The van der Waals surface area contributed by atoms with Crippen molar-refractivity contribution in [1.29, 1.82) is 0 Å². The van der Waals surface area contributed by atoms with Crippen LogP contribution in [0.1, 0.15) is 12.1 Å². The Hall–Kier alpha value is -1.69. The van der Waals surface area contributed by atoms with Crippen LogP contribution < -0.4 is 4.90 Å². The first kappa shape index (κ1) is 14.4. The lowest BCUT2D eigenvalue weighted by molar-refractivity contribution is -0.140. The maximum atomic E-state index is 11.2. The standard InChI is InChI=1S/C12H19N3O3/c1-10-8-11(14-9-13-10)15(6-7-17-2)5-4-12(16)18-3/h8-9H,4-7H2,1-3H3. The summed E-state index contributed by atoms with van der Waals surface area (Å²) >= 11 is 0. The topological polar surface area (TPSA) is 64.5 Å². The number of hydrogen-bond acceptors (Lipinski definition) is 6. The van der Waals surface area contributed by atoms with E-state index in [0.29, 0.717) is 26.1 Å². The van der Waals surface area contributed by atoms with Crippen molar-refractivity contribution in [3.8, 4) is 0 Å². The summed E-state index contributed by atoms with van der Waals surface area (Å²) in [5, 5.41) is 0. The smallest absolute Gasteiger partial charge is 0.307 e. The number of anilines is 1. The van der Waals surface area contributed by atoms with E-state index < -0.39 is 0 Å². The van der Waals surface area contributed by atoms with Gasteiger partial charge in [-0.1, -0.05) is 0 Å². The number of aromatic nitrogens is 2. The molecule has 0 fully saturated rings. The minimum absolute atomic E-state index is 0.233. The minimum Gasteiger partial charge on any atom is -0.469 e. The van der Waals surface area contributed by atoms with Gasteiger partial charge >= 0.3 is 5.97 Å². The Kier molecular flexibility index (Phi) is 6.07. The van der Waals surface area contributed by atoms with Crippen molar-refractivity contribution in [3.63, 3.8) is 0 Å². The van der Waals surface area contributed by atoms with Crippen molar-refractivity contribution in [3.05, 3.63) is 18.1 Å². The summed E-state index contributed by atoms with van der Waals surface area (Å²) in [5.41, 5.74) is 0.889. The Morgan fingerprint density at radius 3 is 2.72 bits per heavy atom. The third kappa shape index (κ3) is 4.67. The Morgan fingerprint density at radius 1 is 1.33 bits per heavy atom. The van der Waals surface area contributed by atoms with Crippen LogP contribution >= 0.6 is 0 Å². The monoisotopic (exact) mass is 253 g/mol. The van der Waals surface area contributed by atoms with Crippen LogP contribution in [0.4, 0.5) is 5.82 Å². The van der Waals surface area contributed by atoms with Crippen molar-refractivity contribution in [2.75, 3.05) is 38.8 Å². The second-order valence-electron chi connectivity index (χ2n) is 3.82. The first-order valence-corrected chi connectivity index (χ1v) is 5.76. The molecule has 0 bridgehead atoms. The number of rotatable bonds is 7. The number of methoxy groups -OCH3 is 2.